The molecule has 1 rings (SSSR count). The molecule has 0 aliphatic heterocycles. The van der Waals surface area contributed by atoms with Gasteiger partial charge in [0.2, 0.25) is 0 Å². The second-order valence-corrected chi connectivity index (χ2v) is 4.63. The summed E-state index contributed by atoms with van der Waals surface area (Å²) in [6, 6.07) is 2.95. The van der Waals surface area contributed by atoms with Crippen LogP contribution in [0.5, 0.6) is 0 Å². The smallest absolute Gasteiger partial charge is 0.338 e. The van der Waals surface area contributed by atoms with Crippen LogP contribution >= 0.6 is 0 Å². The summed E-state index contributed by atoms with van der Waals surface area (Å²) in [6.45, 7) is 5.79. The Bertz CT molecular complexity index is 489. The highest BCUT2D eigenvalue weighted by Crippen LogP contribution is 2.14. The molecule has 0 saturated heterocycles. The number of aromatic carboxylic acids is 1. The third-order valence-electron chi connectivity index (χ3n) is 2.82. The minimum Gasteiger partial charge on any atom is -0.478 e. The minimum absolute atomic E-state index is 0.0249. The molecule has 6 heteroatoms. The molecule has 1 atom stereocenters. The van der Waals surface area contributed by atoms with Crippen molar-refractivity contribution in [3.63, 3.8) is 0 Å². The highest BCUT2D eigenvalue weighted by atomic mass is 19.1. The van der Waals surface area contributed by atoms with Gasteiger partial charge >= 0.3 is 12.0 Å². The summed E-state index contributed by atoms with van der Waals surface area (Å²) in [5.74, 6) is -1.96. The number of amides is 2. The van der Waals surface area contributed by atoms with Gasteiger partial charge in [-0.25, -0.2) is 14.0 Å². The van der Waals surface area contributed by atoms with Crippen molar-refractivity contribution in [3.05, 3.63) is 29.6 Å². The molecule has 1 aromatic rings. The molecule has 3 N–H and O–H groups in total. The van der Waals surface area contributed by atoms with E-state index in [0.717, 1.165) is 12.1 Å². The lowest BCUT2D eigenvalue weighted by Crippen LogP contribution is -2.39. The number of hydrogen-bond acceptors (Lipinski definition) is 2. The Labute approximate surface area is 110 Å². The molecule has 0 aromatic heterocycles. The first-order chi connectivity index (χ1) is 8.81. The standard InChI is InChI=1S/C13H17FN2O3/c1-7(2)8(3)15-13(19)16-9-4-5-10(12(17)18)11(14)6-9/h4-8H,1-3H3,(H,17,18)(H2,15,16,19). The SMILES string of the molecule is CC(C)C(C)NC(=O)Nc1ccc(C(=O)O)c(F)c1. The number of rotatable bonds is 4. The molecular formula is C13H17FN2O3. The average Bonchev–Trinajstić information content (AvgIpc) is 2.27. The predicted octanol–water partition coefficient (Wildman–Crippen LogP) is 2.69. The van der Waals surface area contributed by atoms with Crippen molar-refractivity contribution >= 4 is 17.7 Å². The quantitative estimate of drug-likeness (QED) is 0.785. The highest BCUT2D eigenvalue weighted by molar-refractivity contribution is 5.91. The molecule has 1 unspecified atom stereocenters. The second kappa shape index (κ2) is 6.17. The molecular weight excluding hydrogens is 251 g/mol. The fourth-order valence-electron chi connectivity index (χ4n) is 1.31. The molecule has 0 aliphatic rings. The molecule has 0 saturated carbocycles. The van der Waals surface area contributed by atoms with Crippen LogP contribution in [0.15, 0.2) is 18.2 Å². The van der Waals surface area contributed by atoms with Crippen LogP contribution in [0.25, 0.3) is 0 Å². The lowest BCUT2D eigenvalue weighted by Gasteiger charge is -2.17. The fraction of sp³-hybridized carbons (Fsp3) is 0.385. The molecule has 5 nitrogen and oxygen atoms in total. The van der Waals surface area contributed by atoms with Crippen molar-refractivity contribution in [1.29, 1.82) is 0 Å². The molecule has 0 fully saturated rings. The summed E-state index contributed by atoms with van der Waals surface area (Å²) >= 11 is 0. The molecule has 0 heterocycles. The van der Waals surface area contributed by atoms with Gasteiger partial charge in [-0.3, -0.25) is 0 Å². The van der Waals surface area contributed by atoms with Gasteiger partial charge in [0.1, 0.15) is 5.82 Å². The van der Waals surface area contributed by atoms with Gasteiger partial charge in [-0.05, 0) is 31.0 Å². The van der Waals surface area contributed by atoms with Crippen LogP contribution in [0.3, 0.4) is 0 Å². The monoisotopic (exact) mass is 268 g/mol. The predicted molar refractivity (Wildman–Crippen MR) is 69.8 cm³/mol. The minimum atomic E-state index is -1.35. The van der Waals surface area contributed by atoms with Crippen molar-refractivity contribution in [2.45, 2.75) is 26.8 Å². The third kappa shape index (κ3) is 4.24. The number of halogens is 1. The normalized spacial score (nSPS) is 12.1. The first-order valence-electron chi connectivity index (χ1n) is 5.91. The van der Waals surface area contributed by atoms with Crippen LogP contribution in [-0.2, 0) is 0 Å². The summed E-state index contributed by atoms with van der Waals surface area (Å²) in [4.78, 5) is 22.2. The van der Waals surface area contributed by atoms with E-state index in [1.807, 2.05) is 20.8 Å². The molecule has 104 valence electrons. The number of carbonyl (C=O) groups is 2. The van der Waals surface area contributed by atoms with Crippen molar-refractivity contribution in [2.24, 2.45) is 5.92 Å². The van der Waals surface area contributed by atoms with Crippen molar-refractivity contribution in [1.82, 2.24) is 5.32 Å². The Hall–Kier alpha value is -2.11. The summed E-state index contributed by atoms with van der Waals surface area (Å²) in [7, 11) is 0. The Morgan fingerprint density at radius 2 is 1.89 bits per heavy atom. The Balaban J connectivity index is 2.70. The van der Waals surface area contributed by atoms with Crippen LogP contribution in [-0.4, -0.2) is 23.1 Å². The van der Waals surface area contributed by atoms with Gasteiger partial charge in [-0.2, -0.15) is 0 Å². The van der Waals surface area contributed by atoms with Crippen molar-refractivity contribution in [3.8, 4) is 0 Å². The Morgan fingerprint density at radius 1 is 1.26 bits per heavy atom. The van der Waals surface area contributed by atoms with Gasteiger partial charge in [-0.15, -0.1) is 0 Å². The maximum Gasteiger partial charge on any atom is 0.338 e. The summed E-state index contributed by atoms with van der Waals surface area (Å²) in [5, 5.41) is 13.8. The zero-order chi connectivity index (χ0) is 14.6. The molecule has 0 bridgehead atoms. The number of hydrogen-bond donors (Lipinski definition) is 3. The van der Waals surface area contributed by atoms with Gasteiger partial charge in [-0.1, -0.05) is 13.8 Å². The number of nitrogens with one attached hydrogen (secondary N) is 2. The van der Waals surface area contributed by atoms with Crippen LogP contribution in [0.4, 0.5) is 14.9 Å². The maximum atomic E-state index is 13.4. The Morgan fingerprint density at radius 3 is 2.37 bits per heavy atom. The molecule has 2 amide bonds. The summed E-state index contributed by atoms with van der Waals surface area (Å²) in [5.41, 5.74) is -0.225. The summed E-state index contributed by atoms with van der Waals surface area (Å²) < 4.78 is 13.4. The molecule has 0 aliphatic carbocycles. The van der Waals surface area contributed by atoms with Crippen molar-refractivity contribution < 1.29 is 19.1 Å². The topological polar surface area (TPSA) is 78.4 Å². The van der Waals surface area contributed by atoms with E-state index in [0.29, 0.717) is 0 Å². The van der Waals surface area contributed by atoms with Crippen LogP contribution in [0, 0.1) is 11.7 Å². The zero-order valence-corrected chi connectivity index (χ0v) is 11.0. The number of anilines is 1. The lowest BCUT2D eigenvalue weighted by molar-refractivity contribution is 0.0692. The number of urea groups is 1. The molecule has 0 spiro atoms. The van der Waals surface area contributed by atoms with Crippen LogP contribution < -0.4 is 10.6 Å². The second-order valence-electron chi connectivity index (χ2n) is 4.63. The number of carbonyl (C=O) groups excluding carboxylic acids is 1. The lowest BCUT2D eigenvalue weighted by atomic mass is 10.1. The van der Waals surface area contributed by atoms with E-state index in [9.17, 15) is 14.0 Å². The van der Waals surface area contributed by atoms with Crippen LogP contribution in [0.2, 0.25) is 0 Å². The molecule has 19 heavy (non-hydrogen) atoms. The average molecular weight is 268 g/mol. The van der Waals surface area contributed by atoms with Gasteiger partial charge in [0, 0.05) is 11.7 Å². The van der Waals surface area contributed by atoms with E-state index in [1.165, 1.54) is 6.07 Å². The molecule has 0 radical (unpaired) electrons. The first-order valence-corrected chi connectivity index (χ1v) is 5.91. The summed E-state index contributed by atoms with van der Waals surface area (Å²) in [6.07, 6.45) is 0. The highest BCUT2D eigenvalue weighted by Gasteiger charge is 2.13. The maximum absolute atomic E-state index is 13.4. The number of carboxylic acids is 1. The van der Waals surface area contributed by atoms with E-state index in [-0.39, 0.29) is 17.6 Å². The number of carboxylic acid groups (broad SMARTS) is 1. The molecule has 1 aromatic carbocycles. The van der Waals surface area contributed by atoms with Crippen molar-refractivity contribution in [2.75, 3.05) is 5.32 Å². The van der Waals surface area contributed by atoms with E-state index < -0.39 is 23.4 Å². The Kier molecular flexibility index (Phi) is 4.86. The van der Waals surface area contributed by atoms with E-state index >= 15 is 0 Å². The zero-order valence-electron chi connectivity index (χ0n) is 11.0. The van der Waals surface area contributed by atoms with E-state index in [4.69, 9.17) is 5.11 Å². The van der Waals surface area contributed by atoms with E-state index in [2.05, 4.69) is 10.6 Å². The van der Waals surface area contributed by atoms with Crippen LogP contribution in [0.1, 0.15) is 31.1 Å². The van der Waals surface area contributed by atoms with Gasteiger partial charge in [0.05, 0.1) is 5.56 Å². The fourth-order valence-corrected chi connectivity index (χ4v) is 1.31. The van der Waals surface area contributed by atoms with Gasteiger partial charge < -0.3 is 15.7 Å². The number of benzene rings is 1. The third-order valence-corrected chi connectivity index (χ3v) is 2.82. The van der Waals surface area contributed by atoms with Gasteiger partial charge in [0.15, 0.2) is 0 Å². The largest absolute Gasteiger partial charge is 0.478 e. The first kappa shape index (κ1) is 14.9. The van der Waals surface area contributed by atoms with E-state index in [1.54, 1.807) is 0 Å². The van der Waals surface area contributed by atoms with Gasteiger partial charge in [0.25, 0.3) is 0 Å².